The largest absolute Gasteiger partial charge is 0.490 e. The van der Waals surface area contributed by atoms with E-state index in [1.54, 1.807) is 19.3 Å². The van der Waals surface area contributed by atoms with E-state index in [9.17, 15) is 10.1 Å². The molecule has 8 nitrogen and oxygen atoms in total. The predicted octanol–water partition coefficient (Wildman–Crippen LogP) is 4.53. The molecule has 0 amide bonds. The lowest BCUT2D eigenvalue weighted by Gasteiger charge is -2.15. The monoisotopic (exact) mass is 508 g/mol. The fourth-order valence-corrected chi connectivity index (χ4v) is 4.29. The van der Waals surface area contributed by atoms with Gasteiger partial charge < -0.3 is 10.5 Å². The molecule has 2 heterocycles. The number of aryl methyl sites for hydroxylation is 2. The summed E-state index contributed by atoms with van der Waals surface area (Å²) < 4.78 is 7.06. The summed E-state index contributed by atoms with van der Waals surface area (Å²) in [6, 6.07) is 17.8. The molecule has 38 heavy (non-hydrogen) atoms. The van der Waals surface area contributed by atoms with Crippen LogP contribution in [0.2, 0.25) is 0 Å². The van der Waals surface area contributed by atoms with Gasteiger partial charge >= 0.3 is 0 Å². The fraction of sp³-hybridized carbons (Fsp3) is 0.300. The van der Waals surface area contributed by atoms with Gasteiger partial charge in [0.25, 0.3) is 5.56 Å². The number of ether oxygens (including phenoxy) is 1. The highest BCUT2D eigenvalue weighted by Gasteiger charge is 2.18. The highest BCUT2D eigenvalue weighted by Crippen LogP contribution is 2.24. The van der Waals surface area contributed by atoms with Crippen molar-refractivity contribution in [2.24, 2.45) is 5.73 Å². The Bertz CT molecular complexity index is 1470. The molecule has 0 fully saturated rings. The molecule has 194 valence electrons. The third kappa shape index (κ3) is 6.13. The molecule has 0 aliphatic rings. The topological polar surface area (TPSA) is 120 Å². The van der Waals surface area contributed by atoms with Crippen LogP contribution >= 0.6 is 0 Å². The molecular formula is C30H32N6O2. The molecule has 0 bridgehead atoms. The van der Waals surface area contributed by atoms with E-state index in [2.05, 4.69) is 23.0 Å². The normalized spacial score (nSPS) is 10.8. The van der Waals surface area contributed by atoms with Gasteiger partial charge in [0.05, 0.1) is 36.3 Å². The van der Waals surface area contributed by atoms with E-state index in [4.69, 9.17) is 15.5 Å². The Morgan fingerprint density at radius 2 is 1.79 bits per heavy atom. The number of hydrogen-bond acceptors (Lipinski definition) is 7. The summed E-state index contributed by atoms with van der Waals surface area (Å²) in [7, 11) is 0. The second-order valence-electron chi connectivity index (χ2n) is 9.07. The summed E-state index contributed by atoms with van der Waals surface area (Å²) in [5.74, 6) is 1.33. The zero-order chi connectivity index (χ0) is 26.9. The minimum Gasteiger partial charge on any atom is -0.490 e. The Hall–Kier alpha value is -4.35. The number of nitrogens with zero attached hydrogens (tertiary/aromatic N) is 5. The first kappa shape index (κ1) is 26.7. The number of hydrogen-bond donors (Lipinski definition) is 1. The summed E-state index contributed by atoms with van der Waals surface area (Å²) in [4.78, 5) is 27.4. The van der Waals surface area contributed by atoms with Gasteiger partial charge in [-0.05, 0) is 55.5 Å². The molecule has 0 saturated heterocycles. The van der Waals surface area contributed by atoms with E-state index < -0.39 is 0 Å². The summed E-state index contributed by atoms with van der Waals surface area (Å²) >= 11 is 0. The van der Waals surface area contributed by atoms with E-state index in [-0.39, 0.29) is 11.5 Å². The van der Waals surface area contributed by atoms with Crippen molar-refractivity contribution in [3.63, 3.8) is 0 Å². The molecule has 0 atom stereocenters. The van der Waals surface area contributed by atoms with Gasteiger partial charge in [-0.3, -0.25) is 4.79 Å². The zero-order valence-corrected chi connectivity index (χ0v) is 21.9. The molecule has 4 rings (SSSR count). The van der Waals surface area contributed by atoms with Gasteiger partial charge in [0.15, 0.2) is 5.75 Å². The van der Waals surface area contributed by atoms with Gasteiger partial charge in [-0.25, -0.2) is 19.5 Å². The van der Waals surface area contributed by atoms with Crippen LogP contribution in [0, 0.1) is 18.3 Å². The molecule has 0 radical (unpaired) electrons. The molecular weight excluding hydrogens is 476 g/mol. The van der Waals surface area contributed by atoms with E-state index in [1.165, 1.54) is 4.57 Å². The lowest BCUT2D eigenvalue weighted by Crippen LogP contribution is -2.29. The summed E-state index contributed by atoms with van der Waals surface area (Å²) in [5, 5.41) is 9.45. The van der Waals surface area contributed by atoms with Crippen molar-refractivity contribution in [3.8, 4) is 28.9 Å². The first-order valence-electron chi connectivity index (χ1n) is 12.9. The maximum absolute atomic E-state index is 13.8. The molecule has 4 aromatic rings. The minimum atomic E-state index is -0.167. The van der Waals surface area contributed by atoms with E-state index >= 15 is 0 Å². The van der Waals surface area contributed by atoms with Gasteiger partial charge in [0.1, 0.15) is 5.82 Å². The van der Waals surface area contributed by atoms with E-state index in [0.717, 1.165) is 48.1 Å². The van der Waals surface area contributed by atoms with E-state index in [0.29, 0.717) is 42.3 Å². The lowest BCUT2D eigenvalue weighted by atomic mass is 9.97. The number of aromatic nitrogens is 4. The maximum atomic E-state index is 13.8. The molecule has 0 spiro atoms. The van der Waals surface area contributed by atoms with Crippen LogP contribution < -0.4 is 16.0 Å². The molecule has 0 saturated carbocycles. The second-order valence-corrected chi connectivity index (χ2v) is 9.07. The molecule has 8 heteroatoms. The quantitative estimate of drug-likeness (QED) is 0.296. The average Bonchev–Trinajstić information content (AvgIpc) is 2.95. The number of benzene rings is 2. The van der Waals surface area contributed by atoms with E-state index in [1.807, 2.05) is 48.5 Å². The van der Waals surface area contributed by atoms with Crippen LogP contribution in [-0.2, 0) is 12.8 Å². The maximum Gasteiger partial charge on any atom is 0.264 e. The fourth-order valence-electron chi connectivity index (χ4n) is 4.29. The van der Waals surface area contributed by atoms with Gasteiger partial charge in [0, 0.05) is 12.0 Å². The lowest BCUT2D eigenvalue weighted by molar-refractivity contribution is 0.310. The molecule has 0 aliphatic carbocycles. The first-order valence-corrected chi connectivity index (χ1v) is 12.9. The highest BCUT2D eigenvalue weighted by molar-refractivity contribution is 5.70. The molecule has 2 N–H and O–H groups in total. The standard InChI is InChI=1S/C30H32N6O2/c1-3-4-10-28-27(17-22-11-13-23(14-12-22)26-9-6-5-8-24(26)18-32)29(37)36(21(2)35-28)30-33-19-25(20-34-30)38-16-7-15-31/h5-6,8-9,11-14,19-20H,3-4,7,10,15-17,31H2,1-2H3. The van der Waals surface area contributed by atoms with Crippen molar-refractivity contribution >= 4 is 0 Å². The van der Waals surface area contributed by atoms with Crippen LogP contribution in [0.3, 0.4) is 0 Å². The van der Waals surface area contributed by atoms with Crippen molar-refractivity contribution in [1.82, 2.24) is 19.5 Å². The van der Waals surface area contributed by atoms with Gasteiger partial charge in [-0.1, -0.05) is 55.8 Å². The van der Waals surface area contributed by atoms with Crippen LogP contribution in [0.25, 0.3) is 17.1 Å². The van der Waals surface area contributed by atoms with Crippen LogP contribution in [0.15, 0.2) is 65.7 Å². The summed E-state index contributed by atoms with van der Waals surface area (Å²) in [6.45, 7) is 4.95. The number of unbranched alkanes of at least 4 members (excludes halogenated alkanes) is 1. The Labute approximate surface area is 222 Å². The smallest absolute Gasteiger partial charge is 0.264 e. The Morgan fingerprint density at radius 3 is 2.47 bits per heavy atom. The molecule has 2 aromatic heterocycles. The zero-order valence-electron chi connectivity index (χ0n) is 21.9. The van der Waals surface area contributed by atoms with Crippen LogP contribution in [-0.4, -0.2) is 32.7 Å². The number of nitrogens with two attached hydrogens (primary N) is 1. The van der Waals surface area contributed by atoms with Crippen LogP contribution in [0.4, 0.5) is 0 Å². The van der Waals surface area contributed by atoms with Crippen LogP contribution in [0.5, 0.6) is 5.75 Å². The van der Waals surface area contributed by atoms with Crippen molar-refractivity contribution < 1.29 is 4.74 Å². The van der Waals surface area contributed by atoms with Gasteiger partial charge in [-0.15, -0.1) is 0 Å². The van der Waals surface area contributed by atoms with Crippen molar-refractivity contribution in [2.75, 3.05) is 13.2 Å². The summed E-state index contributed by atoms with van der Waals surface area (Å²) in [5.41, 5.74) is 10.3. The SMILES string of the molecule is CCCCc1nc(C)n(-c2ncc(OCCCN)cn2)c(=O)c1Cc1ccc(-c2ccccc2C#N)cc1. The summed E-state index contributed by atoms with van der Waals surface area (Å²) in [6.07, 6.45) is 6.97. The molecule has 0 aliphatic heterocycles. The predicted molar refractivity (Wildman–Crippen MR) is 147 cm³/mol. The highest BCUT2D eigenvalue weighted by atomic mass is 16.5. The minimum absolute atomic E-state index is 0.167. The van der Waals surface area contributed by atoms with Crippen molar-refractivity contribution in [2.45, 2.75) is 46.0 Å². The molecule has 2 aromatic carbocycles. The van der Waals surface area contributed by atoms with Gasteiger partial charge in [-0.2, -0.15) is 5.26 Å². The van der Waals surface area contributed by atoms with Crippen molar-refractivity contribution in [3.05, 3.63) is 99.5 Å². The van der Waals surface area contributed by atoms with Gasteiger partial charge in [0.2, 0.25) is 5.95 Å². The first-order chi connectivity index (χ1) is 18.5. The molecule has 0 unspecified atom stereocenters. The second kappa shape index (κ2) is 12.7. The Kier molecular flexibility index (Phi) is 8.96. The number of rotatable bonds is 11. The average molecular weight is 509 g/mol. The Morgan fingerprint density at radius 1 is 1.05 bits per heavy atom. The van der Waals surface area contributed by atoms with Crippen molar-refractivity contribution in [1.29, 1.82) is 5.26 Å². The Balaban J connectivity index is 1.67. The van der Waals surface area contributed by atoms with Crippen LogP contribution in [0.1, 0.15) is 54.4 Å². The number of nitriles is 1. The third-order valence-corrected chi connectivity index (χ3v) is 6.32. The third-order valence-electron chi connectivity index (χ3n) is 6.32.